The van der Waals surface area contributed by atoms with Crippen molar-refractivity contribution >= 4 is 11.6 Å². The molecule has 0 fully saturated rings. The molecule has 7 nitrogen and oxygen atoms in total. The van der Waals surface area contributed by atoms with Gasteiger partial charge in [0.15, 0.2) is 5.96 Å². The first-order valence-corrected chi connectivity index (χ1v) is 9.32. The fourth-order valence-corrected chi connectivity index (χ4v) is 2.73. The van der Waals surface area contributed by atoms with Gasteiger partial charge in [0.05, 0.1) is 18.5 Å². The molecule has 3 aromatic heterocycles. The number of hydrogen-bond donors (Lipinski definition) is 2. The SMILES string of the molecule is CCNC(=NCc1cn2c(C)cccc2n1)NCCCOCc1ccco1. The van der Waals surface area contributed by atoms with Crippen LogP contribution in [0.4, 0.5) is 0 Å². The van der Waals surface area contributed by atoms with Crippen LogP contribution < -0.4 is 10.6 Å². The maximum absolute atomic E-state index is 5.59. The first kappa shape index (κ1) is 19.0. The summed E-state index contributed by atoms with van der Waals surface area (Å²) in [6.45, 7) is 7.43. The van der Waals surface area contributed by atoms with Crippen molar-refractivity contribution in [2.24, 2.45) is 4.99 Å². The van der Waals surface area contributed by atoms with Gasteiger partial charge in [-0.15, -0.1) is 0 Å². The van der Waals surface area contributed by atoms with Crippen LogP contribution in [0.2, 0.25) is 0 Å². The molecule has 0 bridgehead atoms. The van der Waals surface area contributed by atoms with Gasteiger partial charge in [-0.2, -0.15) is 0 Å². The summed E-state index contributed by atoms with van der Waals surface area (Å²) in [5, 5.41) is 6.59. The summed E-state index contributed by atoms with van der Waals surface area (Å²) < 4.78 is 12.9. The third-order valence-electron chi connectivity index (χ3n) is 4.07. The van der Waals surface area contributed by atoms with E-state index in [4.69, 9.17) is 9.15 Å². The number of aryl methyl sites for hydroxylation is 1. The van der Waals surface area contributed by atoms with Crippen molar-refractivity contribution in [3.63, 3.8) is 0 Å². The smallest absolute Gasteiger partial charge is 0.191 e. The second kappa shape index (κ2) is 9.78. The standard InChI is InChI=1S/C20H27N5O2/c1-3-21-20(22-10-6-11-26-15-18-8-5-12-27-18)23-13-17-14-25-16(2)7-4-9-19(25)24-17/h4-5,7-9,12,14H,3,6,10-11,13,15H2,1-2H3,(H2,21,22,23). The van der Waals surface area contributed by atoms with E-state index in [1.807, 2.05) is 30.5 Å². The lowest BCUT2D eigenvalue weighted by atomic mass is 10.4. The van der Waals surface area contributed by atoms with Crippen LogP contribution >= 0.6 is 0 Å². The quantitative estimate of drug-likeness (QED) is 0.345. The second-order valence-corrected chi connectivity index (χ2v) is 6.24. The maximum Gasteiger partial charge on any atom is 0.191 e. The van der Waals surface area contributed by atoms with Crippen LogP contribution in [0.5, 0.6) is 0 Å². The molecular formula is C20H27N5O2. The van der Waals surface area contributed by atoms with E-state index in [0.717, 1.165) is 48.3 Å². The fraction of sp³-hybridized carbons (Fsp3) is 0.400. The summed E-state index contributed by atoms with van der Waals surface area (Å²) in [6.07, 6.45) is 4.59. The molecule has 0 atom stereocenters. The molecule has 3 aromatic rings. The van der Waals surface area contributed by atoms with Gasteiger partial charge in [-0.05, 0) is 44.5 Å². The Morgan fingerprint density at radius 1 is 1.26 bits per heavy atom. The van der Waals surface area contributed by atoms with Gasteiger partial charge >= 0.3 is 0 Å². The van der Waals surface area contributed by atoms with Gasteiger partial charge < -0.3 is 24.2 Å². The summed E-state index contributed by atoms with van der Waals surface area (Å²) in [6, 6.07) is 9.87. The maximum atomic E-state index is 5.59. The van der Waals surface area contributed by atoms with Crippen LogP contribution in [-0.2, 0) is 17.9 Å². The number of hydrogen-bond acceptors (Lipinski definition) is 4. The molecule has 144 valence electrons. The molecule has 0 aliphatic rings. The predicted molar refractivity (Wildman–Crippen MR) is 106 cm³/mol. The fourth-order valence-electron chi connectivity index (χ4n) is 2.73. The monoisotopic (exact) mass is 369 g/mol. The zero-order chi connectivity index (χ0) is 18.9. The second-order valence-electron chi connectivity index (χ2n) is 6.24. The number of imidazole rings is 1. The minimum Gasteiger partial charge on any atom is -0.467 e. The average Bonchev–Trinajstić information content (AvgIpc) is 3.32. The third kappa shape index (κ3) is 5.59. The van der Waals surface area contributed by atoms with Gasteiger partial charge in [0.1, 0.15) is 18.0 Å². The van der Waals surface area contributed by atoms with Crippen molar-refractivity contribution in [2.45, 2.75) is 33.4 Å². The number of ether oxygens (including phenoxy) is 1. The molecule has 0 aromatic carbocycles. The van der Waals surface area contributed by atoms with Gasteiger partial charge in [-0.3, -0.25) is 0 Å². The molecule has 0 radical (unpaired) electrons. The van der Waals surface area contributed by atoms with Crippen LogP contribution in [0.1, 0.15) is 30.5 Å². The molecule has 0 aliphatic carbocycles. The molecular weight excluding hydrogens is 342 g/mol. The van der Waals surface area contributed by atoms with Gasteiger partial charge in [0.2, 0.25) is 0 Å². The van der Waals surface area contributed by atoms with Crippen molar-refractivity contribution in [3.8, 4) is 0 Å². The van der Waals surface area contributed by atoms with Crippen molar-refractivity contribution in [1.29, 1.82) is 0 Å². The Morgan fingerprint density at radius 3 is 2.96 bits per heavy atom. The first-order valence-electron chi connectivity index (χ1n) is 9.32. The van der Waals surface area contributed by atoms with E-state index in [1.54, 1.807) is 6.26 Å². The van der Waals surface area contributed by atoms with Crippen LogP contribution in [-0.4, -0.2) is 35.0 Å². The van der Waals surface area contributed by atoms with Crippen LogP contribution in [0.15, 0.2) is 52.2 Å². The normalized spacial score (nSPS) is 11.9. The Bertz CT molecular complexity index is 855. The summed E-state index contributed by atoms with van der Waals surface area (Å²) in [7, 11) is 0. The van der Waals surface area contributed by atoms with E-state index in [1.165, 1.54) is 0 Å². The predicted octanol–water partition coefficient (Wildman–Crippen LogP) is 2.90. The lowest BCUT2D eigenvalue weighted by Gasteiger charge is -2.11. The molecule has 7 heteroatoms. The number of furan rings is 1. The Hall–Kier alpha value is -2.80. The molecule has 0 saturated heterocycles. The van der Waals surface area contributed by atoms with E-state index in [9.17, 15) is 0 Å². The van der Waals surface area contributed by atoms with Gasteiger partial charge in [0.25, 0.3) is 0 Å². The Kier molecular flexibility index (Phi) is 6.87. The molecule has 0 spiro atoms. The largest absolute Gasteiger partial charge is 0.467 e. The Balaban J connectivity index is 1.44. The molecule has 3 heterocycles. The van der Waals surface area contributed by atoms with Crippen LogP contribution in [0, 0.1) is 6.92 Å². The summed E-state index contributed by atoms with van der Waals surface area (Å²) in [5.41, 5.74) is 3.06. The highest BCUT2D eigenvalue weighted by Gasteiger charge is 2.03. The third-order valence-corrected chi connectivity index (χ3v) is 4.07. The molecule has 0 unspecified atom stereocenters. The number of aromatic nitrogens is 2. The molecule has 0 aliphatic heterocycles. The summed E-state index contributed by atoms with van der Waals surface area (Å²) in [5.74, 6) is 1.64. The average molecular weight is 369 g/mol. The number of nitrogens with one attached hydrogen (secondary N) is 2. The van der Waals surface area contributed by atoms with Crippen LogP contribution in [0.25, 0.3) is 5.65 Å². The molecule has 0 amide bonds. The van der Waals surface area contributed by atoms with Crippen molar-refractivity contribution in [2.75, 3.05) is 19.7 Å². The van der Waals surface area contributed by atoms with Gasteiger partial charge in [0, 0.05) is 31.6 Å². The van der Waals surface area contributed by atoms with Gasteiger partial charge in [-0.1, -0.05) is 6.07 Å². The number of aliphatic imine (C=N–C) groups is 1. The Morgan fingerprint density at radius 2 is 2.19 bits per heavy atom. The minimum absolute atomic E-state index is 0.508. The van der Waals surface area contributed by atoms with E-state index < -0.39 is 0 Å². The first-order chi connectivity index (χ1) is 13.3. The molecule has 0 saturated carbocycles. The summed E-state index contributed by atoms with van der Waals surface area (Å²) in [4.78, 5) is 9.25. The highest BCUT2D eigenvalue weighted by molar-refractivity contribution is 5.79. The zero-order valence-corrected chi connectivity index (χ0v) is 15.9. The number of rotatable bonds is 9. The lowest BCUT2D eigenvalue weighted by Crippen LogP contribution is -2.38. The topological polar surface area (TPSA) is 76.1 Å². The van der Waals surface area contributed by atoms with Crippen molar-refractivity contribution in [1.82, 2.24) is 20.0 Å². The van der Waals surface area contributed by atoms with Crippen LogP contribution in [0.3, 0.4) is 0 Å². The van der Waals surface area contributed by atoms with Crippen molar-refractivity contribution < 1.29 is 9.15 Å². The minimum atomic E-state index is 0.508. The molecule has 27 heavy (non-hydrogen) atoms. The van der Waals surface area contributed by atoms with E-state index in [2.05, 4.69) is 44.9 Å². The zero-order valence-electron chi connectivity index (χ0n) is 15.9. The molecule has 2 N–H and O–H groups in total. The number of pyridine rings is 1. The van der Waals surface area contributed by atoms with E-state index >= 15 is 0 Å². The van der Waals surface area contributed by atoms with Gasteiger partial charge in [-0.25, -0.2) is 9.98 Å². The van der Waals surface area contributed by atoms with E-state index in [-0.39, 0.29) is 0 Å². The Labute approximate surface area is 159 Å². The number of fused-ring (bicyclic) bond motifs is 1. The van der Waals surface area contributed by atoms with Crippen molar-refractivity contribution in [3.05, 3.63) is 59.9 Å². The number of guanidine groups is 1. The summed E-state index contributed by atoms with van der Waals surface area (Å²) >= 11 is 0. The van der Waals surface area contributed by atoms with E-state index in [0.29, 0.717) is 19.8 Å². The highest BCUT2D eigenvalue weighted by Crippen LogP contribution is 2.09. The lowest BCUT2D eigenvalue weighted by molar-refractivity contribution is 0.105. The number of nitrogens with zero attached hydrogens (tertiary/aromatic N) is 3. The molecule has 3 rings (SSSR count). The highest BCUT2D eigenvalue weighted by atomic mass is 16.5.